The molecule has 0 amide bonds. The van der Waals surface area contributed by atoms with Gasteiger partial charge in [-0.25, -0.2) is 9.37 Å². The molecule has 0 atom stereocenters. The van der Waals surface area contributed by atoms with E-state index in [9.17, 15) is 4.39 Å². The van der Waals surface area contributed by atoms with Crippen LogP contribution in [0, 0.1) is 12.7 Å². The lowest BCUT2D eigenvalue weighted by atomic mass is 10.1. The number of nitrogen functional groups attached to an aromatic ring is 1. The van der Waals surface area contributed by atoms with Crippen molar-refractivity contribution >= 4 is 5.69 Å². The third-order valence-electron chi connectivity index (χ3n) is 3.38. The molecule has 0 unspecified atom stereocenters. The molecule has 3 rings (SSSR count). The zero-order valence-electron chi connectivity index (χ0n) is 12.1. The molecule has 4 heteroatoms. The minimum absolute atomic E-state index is 0.242. The van der Waals surface area contributed by atoms with Crippen LogP contribution in [0.2, 0.25) is 0 Å². The van der Waals surface area contributed by atoms with E-state index in [0.717, 1.165) is 16.7 Å². The number of ether oxygens (including phenoxy) is 1. The topological polar surface area (TPSA) is 48.1 Å². The second-order valence-electron chi connectivity index (χ2n) is 5.01. The third-order valence-corrected chi connectivity index (χ3v) is 3.38. The van der Waals surface area contributed by atoms with Gasteiger partial charge in [-0.05, 0) is 47.9 Å². The summed E-state index contributed by atoms with van der Waals surface area (Å²) < 4.78 is 18.6. The Labute approximate surface area is 128 Å². The van der Waals surface area contributed by atoms with Gasteiger partial charge in [0.25, 0.3) is 0 Å². The molecule has 0 fully saturated rings. The van der Waals surface area contributed by atoms with E-state index in [4.69, 9.17) is 10.5 Å². The first kappa shape index (κ1) is 14.1. The van der Waals surface area contributed by atoms with Crippen molar-refractivity contribution in [3.05, 3.63) is 72.2 Å². The van der Waals surface area contributed by atoms with Crippen LogP contribution in [0.5, 0.6) is 11.6 Å². The molecule has 3 aromatic rings. The van der Waals surface area contributed by atoms with Crippen molar-refractivity contribution in [3.8, 4) is 22.8 Å². The standard InChI is InChI=1S/C18H15FN2O/c1-12-10-18(21-11-17(12)20)22-16-8-4-14(5-9-16)13-2-6-15(19)7-3-13/h2-11H,20H2,1H3. The van der Waals surface area contributed by atoms with Crippen LogP contribution in [0.25, 0.3) is 11.1 Å². The molecular formula is C18H15FN2O. The van der Waals surface area contributed by atoms with Crippen LogP contribution in [0.1, 0.15) is 5.56 Å². The normalized spacial score (nSPS) is 10.5. The van der Waals surface area contributed by atoms with Gasteiger partial charge in [0.05, 0.1) is 11.9 Å². The first-order chi connectivity index (χ1) is 10.6. The number of nitrogens with zero attached hydrogens (tertiary/aromatic N) is 1. The van der Waals surface area contributed by atoms with Crippen molar-refractivity contribution in [2.24, 2.45) is 0 Å². The lowest BCUT2D eigenvalue weighted by Gasteiger charge is -2.08. The Morgan fingerprint density at radius 1 is 0.955 bits per heavy atom. The van der Waals surface area contributed by atoms with Crippen LogP contribution < -0.4 is 10.5 Å². The lowest BCUT2D eigenvalue weighted by molar-refractivity contribution is 0.463. The number of benzene rings is 2. The Bertz CT molecular complexity index is 783. The molecule has 2 aromatic carbocycles. The van der Waals surface area contributed by atoms with E-state index >= 15 is 0 Å². The predicted octanol–water partition coefficient (Wildman–Crippen LogP) is 4.57. The number of halogens is 1. The minimum Gasteiger partial charge on any atom is -0.439 e. The second kappa shape index (κ2) is 5.85. The zero-order chi connectivity index (χ0) is 15.5. The fraction of sp³-hybridized carbons (Fsp3) is 0.0556. The first-order valence-electron chi connectivity index (χ1n) is 6.88. The summed E-state index contributed by atoms with van der Waals surface area (Å²) in [6.07, 6.45) is 1.58. The number of hydrogen-bond acceptors (Lipinski definition) is 3. The minimum atomic E-state index is -0.242. The van der Waals surface area contributed by atoms with Gasteiger partial charge < -0.3 is 10.5 Å². The summed E-state index contributed by atoms with van der Waals surface area (Å²) in [6, 6.07) is 15.7. The molecule has 0 radical (unpaired) electrons. The Kier molecular flexibility index (Phi) is 3.74. The molecule has 0 aliphatic rings. The number of aryl methyl sites for hydroxylation is 1. The number of aromatic nitrogens is 1. The molecule has 0 aliphatic carbocycles. The molecule has 0 aliphatic heterocycles. The Morgan fingerprint density at radius 2 is 1.55 bits per heavy atom. The van der Waals surface area contributed by atoms with Gasteiger partial charge in [-0.3, -0.25) is 0 Å². The highest BCUT2D eigenvalue weighted by Crippen LogP contribution is 2.26. The fourth-order valence-electron chi connectivity index (χ4n) is 2.08. The van der Waals surface area contributed by atoms with E-state index in [2.05, 4.69) is 4.98 Å². The van der Waals surface area contributed by atoms with Gasteiger partial charge >= 0.3 is 0 Å². The van der Waals surface area contributed by atoms with E-state index in [1.54, 1.807) is 24.4 Å². The molecule has 0 spiro atoms. The summed E-state index contributed by atoms with van der Waals surface area (Å²) in [5, 5.41) is 0. The second-order valence-corrected chi connectivity index (χ2v) is 5.01. The summed E-state index contributed by atoms with van der Waals surface area (Å²) in [5.41, 5.74) is 9.24. The first-order valence-corrected chi connectivity index (χ1v) is 6.88. The van der Waals surface area contributed by atoms with E-state index < -0.39 is 0 Å². The molecule has 1 aromatic heterocycles. The maximum atomic E-state index is 12.9. The highest BCUT2D eigenvalue weighted by atomic mass is 19.1. The average molecular weight is 294 g/mol. The molecule has 1 heterocycles. The van der Waals surface area contributed by atoms with Crippen LogP contribution in [0.3, 0.4) is 0 Å². The van der Waals surface area contributed by atoms with Crippen LogP contribution in [0.4, 0.5) is 10.1 Å². The summed E-state index contributed by atoms with van der Waals surface area (Å²) in [4.78, 5) is 4.14. The van der Waals surface area contributed by atoms with Crippen LogP contribution in [-0.4, -0.2) is 4.98 Å². The summed E-state index contributed by atoms with van der Waals surface area (Å²) in [6.45, 7) is 1.90. The number of hydrogen-bond donors (Lipinski definition) is 1. The van der Waals surface area contributed by atoms with Crippen LogP contribution >= 0.6 is 0 Å². The van der Waals surface area contributed by atoms with Crippen molar-refractivity contribution in [2.45, 2.75) is 6.92 Å². The van der Waals surface area contributed by atoms with Gasteiger partial charge in [-0.1, -0.05) is 24.3 Å². The highest BCUT2D eigenvalue weighted by molar-refractivity contribution is 5.64. The quantitative estimate of drug-likeness (QED) is 0.769. The van der Waals surface area contributed by atoms with E-state index in [-0.39, 0.29) is 5.82 Å². The fourth-order valence-corrected chi connectivity index (χ4v) is 2.08. The van der Waals surface area contributed by atoms with Gasteiger partial charge in [-0.15, -0.1) is 0 Å². The van der Waals surface area contributed by atoms with E-state index in [0.29, 0.717) is 17.3 Å². The van der Waals surface area contributed by atoms with Gasteiger partial charge in [0.15, 0.2) is 0 Å². The largest absolute Gasteiger partial charge is 0.439 e. The molecule has 110 valence electrons. The predicted molar refractivity (Wildman–Crippen MR) is 85.3 cm³/mol. The lowest BCUT2D eigenvalue weighted by Crippen LogP contribution is -1.93. The van der Waals surface area contributed by atoms with Crippen molar-refractivity contribution < 1.29 is 9.13 Å². The molecule has 3 nitrogen and oxygen atoms in total. The Morgan fingerprint density at radius 3 is 2.14 bits per heavy atom. The monoisotopic (exact) mass is 294 g/mol. The Balaban J connectivity index is 1.79. The number of rotatable bonds is 3. The number of pyridine rings is 1. The maximum absolute atomic E-state index is 12.9. The average Bonchev–Trinajstić information content (AvgIpc) is 2.53. The molecule has 0 bridgehead atoms. The van der Waals surface area contributed by atoms with Crippen LogP contribution in [0.15, 0.2) is 60.8 Å². The van der Waals surface area contributed by atoms with Gasteiger partial charge in [0, 0.05) is 6.07 Å². The summed E-state index contributed by atoms with van der Waals surface area (Å²) in [5.74, 6) is 0.942. The maximum Gasteiger partial charge on any atom is 0.219 e. The van der Waals surface area contributed by atoms with E-state index in [1.807, 2.05) is 31.2 Å². The van der Waals surface area contributed by atoms with E-state index in [1.165, 1.54) is 12.1 Å². The smallest absolute Gasteiger partial charge is 0.219 e. The van der Waals surface area contributed by atoms with Gasteiger partial charge in [0.2, 0.25) is 5.88 Å². The number of anilines is 1. The van der Waals surface area contributed by atoms with Crippen LogP contribution in [-0.2, 0) is 0 Å². The van der Waals surface area contributed by atoms with Crippen molar-refractivity contribution in [1.82, 2.24) is 4.98 Å². The molecule has 0 saturated heterocycles. The summed E-state index contributed by atoms with van der Waals surface area (Å²) in [7, 11) is 0. The SMILES string of the molecule is Cc1cc(Oc2ccc(-c3ccc(F)cc3)cc2)ncc1N. The molecular weight excluding hydrogens is 279 g/mol. The van der Waals surface area contributed by atoms with Gasteiger partial charge in [0.1, 0.15) is 11.6 Å². The molecule has 0 saturated carbocycles. The zero-order valence-corrected chi connectivity index (χ0v) is 12.1. The Hall–Kier alpha value is -2.88. The number of nitrogens with two attached hydrogens (primary N) is 1. The highest BCUT2D eigenvalue weighted by Gasteiger charge is 2.03. The van der Waals surface area contributed by atoms with Crippen molar-refractivity contribution in [3.63, 3.8) is 0 Å². The molecule has 22 heavy (non-hydrogen) atoms. The third kappa shape index (κ3) is 3.06. The van der Waals surface area contributed by atoms with Crippen molar-refractivity contribution in [2.75, 3.05) is 5.73 Å². The summed E-state index contributed by atoms with van der Waals surface area (Å²) >= 11 is 0. The molecule has 2 N–H and O–H groups in total. The van der Waals surface area contributed by atoms with Gasteiger partial charge in [-0.2, -0.15) is 0 Å². The van der Waals surface area contributed by atoms with Crippen molar-refractivity contribution in [1.29, 1.82) is 0 Å².